The predicted octanol–water partition coefficient (Wildman–Crippen LogP) is 4.76. The second-order valence-corrected chi connectivity index (χ2v) is 6.78. The lowest BCUT2D eigenvalue weighted by Gasteiger charge is -2.10. The van der Waals surface area contributed by atoms with E-state index in [9.17, 15) is 22.4 Å². The molecule has 0 aliphatic carbocycles. The molecule has 0 fully saturated rings. The number of nitrogens with zero attached hydrogens (tertiary/aromatic N) is 4. The van der Waals surface area contributed by atoms with Gasteiger partial charge >= 0.3 is 0 Å². The molecule has 0 saturated carbocycles. The molecule has 3 aromatic rings. The molecule has 162 valence electrons. The van der Waals surface area contributed by atoms with E-state index in [1.165, 1.54) is 12.1 Å². The second-order valence-electron chi connectivity index (χ2n) is 6.40. The van der Waals surface area contributed by atoms with Crippen LogP contribution in [0, 0.1) is 0 Å². The highest BCUT2D eigenvalue weighted by atomic mass is 35.5. The summed E-state index contributed by atoms with van der Waals surface area (Å²) in [5.41, 5.74) is -1.12. The summed E-state index contributed by atoms with van der Waals surface area (Å²) in [6.07, 6.45) is -4.43. The van der Waals surface area contributed by atoms with Gasteiger partial charge in [-0.25, -0.2) is 17.6 Å². The summed E-state index contributed by atoms with van der Waals surface area (Å²) in [6, 6.07) is 4.10. The van der Waals surface area contributed by atoms with Gasteiger partial charge in [-0.2, -0.15) is 10.2 Å². The lowest BCUT2D eigenvalue weighted by Crippen LogP contribution is -2.26. The van der Waals surface area contributed by atoms with Crippen molar-refractivity contribution in [3.8, 4) is 0 Å². The Balaban J connectivity index is 1.73. The first-order valence-electron chi connectivity index (χ1n) is 8.96. The molecule has 0 aromatic carbocycles. The number of aryl methyl sites for hydroxylation is 1. The van der Waals surface area contributed by atoms with Gasteiger partial charge in [-0.3, -0.25) is 14.2 Å². The minimum absolute atomic E-state index is 0.0716. The van der Waals surface area contributed by atoms with E-state index in [0.717, 1.165) is 0 Å². The molecule has 0 aliphatic rings. The molecule has 3 aromatic heterocycles. The van der Waals surface area contributed by atoms with Crippen LogP contribution in [0.25, 0.3) is 0 Å². The minimum Gasteiger partial charge on any atom is -0.454 e. The Kier molecular flexibility index (Phi) is 6.49. The van der Waals surface area contributed by atoms with E-state index >= 15 is 0 Å². The van der Waals surface area contributed by atoms with Crippen LogP contribution < -0.4 is 5.32 Å². The molecule has 7 nitrogen and oxygen atoms in total. The van der Waals surface area contributed by atoms with Gasteiger partial charge < -0.3 is 9.73 Å². The smallest absolute Gasteiger partial charge is 0.287 e. The topological polar surface area (TPSA) is 77.9 Å². The number of hydrogen-bond donors (Lipinski definition) is 1. The number of rotatable bonds is 8. The van der Waals surface area contributed by atoms with Crippen molar-refractivity contribution in [1.29, 1.82) is 0 Å². The maximum Gasteiger partial charge on any atom is 0.287 e. The van der Waals surface area contributed by atoms with Crippen LogP contribution in [0.5, 0.6) is 0 Å². The molecule has 3 rings (SSSR count). The fourth-order valence-electron chi connectivity index (χ4n) is 2.80. The molecule has 0 saturated heterocycles. The molecular formula is C18H18ClF4N5O2. The number of hydrogen-bond acceptors (Lipinski definition) is 4. The van der Waals surface area contributed by atoms with Crippen LogP contribution in [-0.2, 0) is 13.1 Å². The lowest BCUT2D eigenvalue weighted by molar-refractivity contribution is 0.0908. The normalized spacial score (nSPS) is 12.7. The summed E-state index contributed by atoms with van der Waals surface area (Å²) >= 11 is 5.62. The molecule has 1 unspecified atom stereocenters. The van der Waals surface area contributed by atoms with E-state index in [4.69, 9.17) is 16.0 Å². The Labute approximate surface area is 173 Å². The highest BCUT2D eigenvalue weighted by Gasteiger charge is 2.28. The summed E-state index contributed by atoms with van der Waals surface area (Å²) in [7, 11) is 0. The van der Waals surface area contributed by atoms with Gasteiger partial charge in [0.2, 0.25) is 0 Å². The molecule has 12 heteroatoms. The van der Waals surface area contributed by atoms with Crippen molar-refractivity contribution in [2.75, 3.05) is 0 Å². The van der Waals surface area contributed by atoms with E-state index < -0.39 is 47.8 Å². The van der Waals surface area contributed by atoms with E-state index in [0.29, 0.717) is 16.9 Å². The molecule has 0 spiro atoms. The fraction of sp³-hybridized carbons (Fsp3) is 0.389. The first kappa shape index (κ1) is 21.9. The maximum absolute atomic E-state index is 13.2. The van der Waals surface area contributed by atoms with Crippen LogP contribution in [0.4, 0.5) is 17.6 Å². The third kappa shape index (κ3) is 4.50. The average molecular weight is 448 g/mol. The molecule has 1 atom stereocenters. The maximum atomic E-state index is 13.2. The van der Waals surface area contributed by atoms with E-state index in [1.54, 1.807) is 23.9 Å². The monoisotopic (exact) mass is 447 g/mol. The molecule has 3 heterocycles. The quantitative estimate of drug-likeness (QED) is 0.505. The lowest BCUT2D eigenvalue weighted by atomic mass is 10.2. The number of carbonyl (C=O) groups is 1. The van der Waals surface area contributed by atoms with Gasteiger partial charge in [0.25, 0.3) is 18.8 Å². The van der Waals surface area contributed by atoms with Crippen LogP contribution in [-0.4, -0.2) is 25.5 Å². The SMILES string of the molecule is CCn1ccc(C(C)NC(=O)c2ccc(Cn3nc(C(F)F)c(Cl)c3C(F)F)o2)n1. The van der Waals surface area contributed by atoms with Crippen molar-refractivity contribution in [2.24, 2.45) is 0 Å². The average Bonchev–Trinajstić information content (AvgIpc) is 3.40. The zero-order chi connectivity index (χ0) is 22.0. The Morgan fingerprint density at radius 2 is 1.93 bits per heavy atom. The molecule has 0 radical (unpaired) electrons. The number of nitrogens with one attached hydrogen (secondary N) is 1. The Morgan fingerprint density at radius 3 is 2.53 bits per heavy atom. The van der Waals surface area contributed by atoms with Gasteiger partial charge in [0.1, 0.15) is 17.1 Å². The molecular weight excluding hydrogens is 430 g/mol. The van der Waals surface area contributed by atoms with Crippen molar-refractivity contribution in [3.63, 3.8) is 0 Å². The summed E-state index contributed by atoms with van der Waals surface area (Å²) in [5, 5.41) is 9.69. The third-order valence-corrected chi connectivity index (χ3v) is 4.72. The molecule has 0 bridgehead atoms. The van der Waals surface area contributed by atoms with Crippen molar-refractivity contribution in [3.05, 3.63) is 58.0 Å². The first-order chi connectivity index (χ1) is 14.2. The molecule has 1 amide bonds. The minimum atomic E-state index is -3.11. The number of amides is 1. The zero-order valence-corrected chi connectivity index (χ0v) is 16.7. The molecule has 30 heavy (non-hydrogen) atoms. The summed E-state index contributed by atoms with van der Waals surface area (Å²) in [5.74, 6) is -0.539. The fourth-order valence-corrected chi connectivity index (χ4v) is 3.10. The van der Waals surface area contributed by atoms with Crippen molar-refractivity contribution in [1.82, 2.24) is 24.9 Å². The van der Waals surface area contributed by atoms with Crippen LogP contribution in [0.15, 0.2) is 28.8 Å². The van der Waals surface area contributed by atoms with Crippen molar-refractivity contribution >= 4 is 17.5 Å². The Hall–Kier alpha value is -2.82. The van der Waals surface area contributed by atoms with E-state index in [-0.39, 0.29) is 11.5 Å². The van der Waals surface area contributed by atoms with Crippen molar-refractivity contribution < 1.29 is 26.8 Å². The van der Waals surface area contributed by atoms with Crippen LogP contribution >= 0.6 is 11.6 Å². The summed E-state index contributed by atoms with van der Waals surface area (Å²) in [6.45, 7) is 3.97. The number of carbonyl (C=O) groups excluding carboxylic acids is 1. The number of halogens is 5. The van der Waals surface area contributed by atoms with Crippen LogP contribution in [0.1, 0.15) is 66.1 Å². The largest absolute Gasteiger partial charge is 0.454 e. The van der Waals surface area contributed by atoms with Crippen LogP contribution in [0.3, 0.4) is 0 Å². The number of furan rings is 1. The van der Waals surface area contributed by atoms with Gasteiger partial charge in [0, 0.05) is 12.7 Å². The van der Waals surface area contributed by atoms with E-state index in [2.05, 4.69) is 15.5 Å². The molecule has 0 aliphatic heterocycles. The van der Waals surface area contributed by atoms with Crippen molar-refractivity contribution in [2.45, 2.75) is 45.8 Å². The highest BCUT2D eigenvalue weighted by molar-refractivity contribution is 6.32. The Bertz CT molecular complexity index is 1030. The summed E-state index contributed by atoms with van der Waals surface area (Å²) < 4.78 is 60.1. The standard InChI is InChI=1S/C18H18ClF4N5O2/c1-3-27-7-6-11(25-27)9(2)24-18(29)12-5-4-10(30-12)8-28-15(17(22)23)13(19)14(26-28)16(20)21/h4-7,9,16-17H,3,8H2,1-2H3,(H,24,29). The van der Waals surface area contributed by atoms with Crippen LogP contribution in [0.2, 0.25) is 5.02 Å². The van der Waals surface area contributed by atoms with E-state index in [1.807, 2.05) is 6.92 Å². The predicted molar refractivity (Wildman–Crippen MR) is 98.7 cm³/mol. The molecule has 1 N–H and O–H groups in total. The van der Waals surface area contributed by atoms with Gasteiger partial charge in [-0.1, -0.05) is 11.6 Å². The number of aromatic nitrogens is 4. The Morgan fingerprint density at radius 1 is 1.20 bits per heavy atom. The second kappa shape index (κ2) is 8.90. The third-order valence-electron chi connectivity index (χ3n) is 4.34. The van der Waals surface area contributed by atoms with Gasteiger partial charge in [-0.05, 0) is 32.0 Å². The number of alkyl halides is 4. The van der Waals surface area contributed by atoms with Gasteiger partial charge in [0.15, 0.2) is 5.76 Å². The first-order valence-corrected chi connectivity index (χ1v) is 9.34. The zero-order valence-electron chi connectivity index (χ0n) is 16.0. The highest BCUT2D eigenvalue weighted by Crippen LogP contribution is 2.35. The summed E-state index contributed by atoms with van der Waals surface area (Å²) in [4.78, 5) is 12.4. The van der Waals surface area contributed by atoms with Gasteiger partial charge in [-0.15, -0.1) is 0 Å². The van der Waals surface area contributed by atoms with Gasteiger partial charge in [0.05, 0.1) is 23.3 Å².